The van der Waals surface area contributed by atoms with E-state index in [1.165, 1.54) is 41.5 Å². The van der Waals surface area contributed by atoms with Crippen molar-refractivity contribution in [1.29, 1.82) is 0 Å². The molecule has 0 radical (unpaired) electrons. The molecule has 1 aromatic rings. The number of thiophene rings is 1. The first-order valence-electron chi connectivity index (χ1n) is 6.59. The highest BCUT2D eigenvalue weighted by Gasteiger charge is 2.25. The molecule has 1 aliphatic carbocycles. The minimum atomic E-state index is 0.650. The van der Waals surface area contributed by atoms with Crippen LogP contribution in [-0.2, 0) is 6.42 Å². The van der Waals surface area contributed by atoms with Crippen molar-refractivity contribution in [2.45, 2.75) is 45.1 Å². The normalized spacial score (nSPS) is 27.0. The van der Waals surface area contributed by atoms with Crippen molar-refractivity contribution < 1.29 is 0 Å². The van der Waals surface area contributed by atoms with E-state index >= 15 is 0 Å². The Morgan fingerprint density at radius 1 is 1.41 bits per heavy atom. The first-order chi connectivity index (χ1) is 8.20. The Kier molecular flexibility index (Phi) is 5.07. The molecule has 0 bridgehead atoms. The fourth-order valence-electron chi connectivity index (χ4n) is 2.86. The van der Waals surface area contributed by atoms with Gasteiger partial charge in [-0.05, 0) is 65.5 Å². The second kappa shape index (κ2) is 6.35. The van der Waals surface area contributed by atoms with Gasteiger partial charge in [0.1, 0.15) is 0 Å². The van der Waals surface area contributed by atoms with Gasteiger partial charge in [0.25, 0.3) is 0 Å². The summed E-state index contributed by atoms with van der Waals surface area (Å²) >= 11 is 5.51. The lowest BCUT2D eigenvalue weighted by Crippen LogP contribution is -2.37. The van der Waals surface area contributed by atoms with E-state index in [0.717, 1.165) is 11.8 Å². The lowest BCUT2D eigenvalue weighted by Gasteiger charge is -2.32. The van der Waals surface area contributed by atoms with Crippen LogP contribution in [0.1, 0.15) is 37.5 Å². The fourth-order valence-corrected chi connectivity index (χ4v) is 4.44. The molecule has 0 aliphatic heterocycles. The zero-order valence-corrected chi connectivity index (χ0v) is 13.1. The third-order valence-electron chi connectivity index (χ3n) is 4.10. The van der Waals surface area contributed by atoms with Crippen LogP contribution in [0.5, 0.6) is 0 Å². The highest BCUT2D eigenvalue weighted by Crippen LogP contribution is 2.33. The van der Waals surface area contributed by atoms with Gasteiger partial charge in [-0.1, -0.05) is 19.8 Å². The smallest absolute Gasteiger partial charge is 0.0314 e. The van der Waals surface area contributed by atoms with Gasteiger partial charge >= 0.3 is 0 Å². The Balaban J connectivity index is 1.95. The summed E-state index contributed by atoms with van der Waals surface area (Å²) in [6.45, 7) is 2.39. The van der Waals surface area contributed by atoms with Crippen molar-refractivity contribution in [2.24, 2.45) is 11.8 Å². The SMILES string of the molecule is CNC(Cc1sccc1Br)C1CCC(C)CC1. The molecule has 1 saturated carbocycles. The van der Waals surface area contributed by atoms with Gasteiger partial charge in [-0.2, -0.15) is 0 Å². The van der Waals surface area contributed by atoms with Crippen LogP contribution < -0.4 is 5.32 Å². The molecule has 3 heteroatoms. The molecule has 2 rings (SSSR count). The molecule has 1 unspecified atom stereocenters. The van der Waals surface area contributed by atoms with Crippen LogP contribution in [0.3, 0.4) is 0 Å². The van der Waals surface area contributed by atoms with Crippen molar-refractivity contribution in [3.05, 3.63) is 20.8 Å². The first-order valence-corrected chi connectivity index (χ1v) is 8.27. The molecule has 0 amide bonds. The summed E-state index contributed by atoms with van der Waals surface area (Å²) in [5.41, 5.74) is 0. The molecule has 0 aromatic carbocycles. The van der Waals surface area contributed by atoms with E-state index in [1.807, 2.05) is 11.3 Å². The molecule has 96 valence electrons. The van der Waals surface area contributed by atoms with E-state index in [0.29, 0.717) is 6.04 Å². The standard InChI is InChI=1S/C14H22BrNS/c1-10-3-5-11(6-4-10)13(16-2)9-14-12(15)7-8-17-14/h7-8,10-11,13,16H,3-6,9H2,1-2H3. The van der Waals surface area contributed by atoms with Gasteiger partial charge < -0.3 is 5.32 Å². The zero-order chi connectivity index (χ0) is 12.3. The number of likely N-dealkylation sites (N-methyl/N-ethyl adjacent to an activating group) is 1. The van der Waals surface area contributed by atoms with Gasteiger partial charge in [0.15, 0.2) is 0 Å². The Morgan fingerprint density at radius 3 is 2.65 bits per heavy atom. The Morgan fingerprint density at radius 2 is 2.12 bits per heavy atom. The van der Waals surface area contributed by atoms with Crippen molar-refractivity contribution in [1.82, 2.24) is 5.32 Å². The highest BCUT2D eigenvalue weighted by molar-refractivity contribution is 9.10. The van der Waals surface area contributed by atoms with Gasteiger partial charge in [-0.25, -0.2) is 0 Å². The molecule has 1 aliphatic rings. The monoisotopic (exact) mass is 315 g/mol. The minimum absolute atomic E-state index is 0.650. The maximum atomic E-state index is 3.64. The van der Waals surface area contributed by atoms with Crippen LogP contribution in [0.2, 0.25) is 0 Å². The van der Waals surface area contributed by atoms with E-state index in [9.17, 15) is 0 Å². The molecule has 17 heavy (non-hydrogen) atoms. The fraction of sp³-hybridized carbons (Fsp3) is 0.714. The van der Waals surface area contributed by atoms with Crippen LogP contribution in [0, 0.1) is 11.8 Å². The lowest BCUT2D eigenvalue weighted by atomic mass is 9.78. The predicted octanol–water partition coefficient (Wildman–Crippen LogP) is 4.47. The van der Waals surface area contributed by atoms with E-state index in [-0.39, 0.29) is 0 Å². The maximum Gasteiger partial charge on any atom is 0.0314 e. The Labute approximate surface area is 117 Å². The van der Waals surface area contributed by atoms with Crippen LogP contribution >= 0.6 is 27.3 Å². The quantitative estimate of drug-likeness (QED) is 0.864. The number of rotatable bonds is 4. The molecule has 1 nitrogen and oxygen atoms in total. The second-order valence-electron chi connectivity index (χ2n) is 5.31. The van der Waals surface area contributed by atoms with Crippen molar-refractivity contribution >= 4 is 27.3 Å². The van der Waals surface area contributed by atoms with Crippen molar-refractivity contribution in [3.8, 4) is 0 Å². The summed E-state index contributed by atoms with van der Waals surface area (Å²) in [5.74, 6) is 1.81. The second-order valence-corrected chi connectivity index (χ2v) is 7.17. The van der Waals surface area contributed by atoms with Crippen LogP contribution in [-0.4, -0.2) is 13.1 Å². The maximum absolute atomic E-state index is 3.64. The first kappa shape index (κ1) is 13.6. The number of nitrogens with one attached hydrogen (secondary N) is 1. The van der Waals surface area contributed by atoms with E-state index in [4.69, 9.17) is 0 Å². The van der Waals surface area contributed by atoms with E-state index in [1.54, 1.807) is 0 Å². The van der Waals surface area contributed by atoms with Crippen molar-refractivity contribution in [3.63, 3.8) is 0 Å². The van der Waals surface area contributed by atoms with E-state index in [2.05, 4.69) is 46.7 Å². The highest BCUT2D eigenvalue weighted by atomic mass is 79.9. The zero-order valence-electron chi connectivity index (χ0n) is 10.7. The molecule has 0 spiro atoms. The summed E-state index contributed by atoms with van der Waals surface area (Å²) in [5, 5.41) is 5.71. The lowest BCUT2D eigenvalue weighted by molar-refractivity contribution is 0.235. The summed E-state index contributed by atoms with van der Waals surface area (Å²) in [7, 11) is 2.12. The van der Waals surface area contributed by atoms with Gasteiger partial charge in [0, 0.05) is 15.4 Å². The Hall–Kier alpha value is 0.140. The molecule has 0 saturated heterocycles. The van der Waals surface area contributed by atoms with Gasteiger partial charge in [-0.3, -0.25) is 0 Å². The average Bonchev–Trinajstić information content (AvgIpc) is 2.73. The van der Waals surface area contributed by atoms with Crippen LogP contribution in [0.15, 0.2) is 15.9 Å². The van der Waals surface area contributed by atoms with Crippen LogP contribution in [0.4, 0.5) is 0 Å². The molecular weight excluding hydrogens is 294 g/mol. The number of halogens is 1. The van der Waals surface area contributed by atoms with Crippen molar-refractivity contribution in [2.75, 3.05) is 7.05 Å². The molecule has 1 atom stereocenters. The van der Waals surface area contributed by atoms with E-state index < -0.39 is 0 Å². The third kappa shape index (κ3) is 3.55. The van der Waals surface area contributed by atoms with Crippen LogP contribution in [0.25, 0.3) is 0 Å². The topological polar surface area (TPSA) is 12.0 Å². The van der Waals surface area contributed by atoms with Gasteiger partial charge in [0.05, 0.1) is 0 Å². The average molecular weight is 316 g/mol. The third-order valence-corrected chi connectivity index (χ3v) is 6.05. The molecular formula is C14H22BrNS. The summed E-state index contributed by atoms with van der Waals surface area (Å²) < 4.78 is 1.28. The van der Waals surface area contributed by atoms with Gasteiger partial charge in [0.2, 0.25) is 0 Å². The summed E-state index contributed by atoms with van der Waals surface area (Å²) in [6, 6.07) is 2.81. The molecule has 1 fully saturated rings. The minimum Gasteiger partial charge on any atom is -0.316 e. The van der Waals surface area contributed by atoms with Gasteiger partial charge in [-0.15, -0.1) is 11.3 Å². The Bertz CT molecular complexity index is 342. The summed E-state index contributed by atoms with van der Waals surface area (Å²) in [4.78, 5) is 1.49. The molecule has 1 heterocycles. The molecule has 1 N–H and O–H groups in total. The number of hydrogen-bond donors (Lipinski definition) is 1. The molecule has 1 aromatic heterocycles. The predicted molar refractivity (Wildman–Crippen MR) is 79.7 cm³/mol. The summed E-state index contributed by atoms with van der Waals surface area (Å²) in [6.07, 6.45) is 6.79. The largest absolute Gasteiger partial charge is 0.316 e. The number of hydrogen-bond acceptors (Lipinski definition) is 2.